The van der Waals surface area contributed by atoms with Crippen LogP contribution in [0, 0.1) is 13.8 Å². The number of benzene rings is 3. The Morgan fingerprint density at radius 3 is 1.90 bits per heavy atom. The fraction of sp³-hybridized carbons (Fsp3) is 0.412. The van der Waals surface area contributed by atoms with Crippen molar-refractivity contribution in [3.63, 3.8) is 0 Å². The lowest BCUT2D eigenvalue weighted by Crippen LogP contribution is -2.49. The van der Waals surface area contributed by atoms with Crippen molar-refractivity contribution in [2.45, 2.75) is 90.5 Å². The van der Waals surface area contributed by atoms with Gasteiger partial charge in [0.2, 0.25) is 5.91 Å². The summed E-state index contributed by atoms with van der Waals surface area (Å²) in [6, 6.07) is 24.9. The fourth-order valence-electron chi connectivity index (χ4n) is 4.93. The molecule has 0 heterocycles. The summed E-state index contributed by atoms with van der Waals surface area (Å²) < 4.78 is 5.50. The van der Waals surface area contributed by atoms with Gasteiger partial charge in [-0.15, -0.1) is 0 Å². The predicted molar refractivity (Wildman–Crippen MR) is 160 cm³/mol. The maximum absolute atomic E-state index is 13.1. The molecule has 0 spiro atoms. The molecule has 40 heavy (non-hydrogen) atoms. The molecule has 0 saturated carbocycles. The summed E-state index contributed by atoms with van der Waals surface area (Å²) in [6.07, 6.45) is 0.786. The van der Waals surface area contributed by atoms with Crippen LogP contribution >= 0.6 is 0 Å². The van der Waals surface area contributed by atoms with Crippen molar-refractivity contribution < 1.29 is 19.4 Å². The number of carbonyl (C=O) groups excluding carboxylic acids is 2. The van der Waals surface area contributed by atoms with Gasteiger partial charge in [0, 0.05) is 12.5 Å². The Morgan fingerprint density at radius 1 is 0.800 bits per heavy atom. The van der Waals surface area contributed by atoms with Crippen LogP contribution < -0.4 is 10.6 Å². The molecule has 0 fully saturated rings. The maximum Gasteiger partial charge on any atom is 0.407 e. The molecule has 0 aliphatic rings. The number of hydrogen-bond acceptors (Lipinski definition) is 4. The van der Waals surface area contributed by atoms with Crippen molar-refractivity contribution in [1.82, 2.24) is 10.6 Å². The van der Waals surface area contributed by atoms with Crippen molar-refractivity contribution in [2.75, 3.05) is 0 Å². The maximum atomic E-state index is 13.1. The third-order valence-corrected chi connectivity index (χ3v) is 6.93. The van der Waals surface area contributed by atoms with E-state index in [0.717, 1.165) is 11.1 Å². The molecule has 6 heteroatoms. The molecule has 0 saturated heterocycles. The van der Waals surface area contributed by atoms with E-state index in [1.54, 1.807) is 0 Å². The molecular weight excluding hydrogens is 500 g/mol. The lowest BCUT2D eigenvalue weighted by molar-refractivity contribution is -0.122. The summed E-state index contributed by atoms with van der Waals surface area (Å²) in [5, 5.41) is 17.5. The Bertz CT molecular complexity index is 1200. The van der Waals surface area contributed by atoms with E-state index in [-0.39, 0.29) is 12.3 Å². The van der Waals surface area contributed by atoms with Crippen LogP contribution in [-0.4, -0.2) is 40.9 Å². The summed E-state index contributed by atoms with van der Waals surface area (Å²) in [5.74, 6) is -0.109. The van der Waals surface area contributed by atoms with Crippen LogP contribution in [0.4, 0.5) is 4.79 Å². The van der Waals surface area contributed by atoms with Gasteiger partial charge < -0.3 is 20.5 Å². The summed E-state index contributed by atoms with van der Waals surface area (Å²) in [4.78, 5) is 25.8. The number of amides is 2. The van der Waals surface area contributed by atoms with Gasteiger partial charge >= 0.3 is 6.09 Å². The van der Waals surface area contributed by atoms with Crippen LogP contribution in [0.15, 0.2) is 78.9 Å². The average Bonchev–Trinajstić information content (AvgIpc) is 2.88. The molecule has 3 aromatic carbocycles. The van der Waals surface area contributed by atoms with E-state index >= 15 is 0 Å². The van der Waals surface area contributed by atoms with Gasteiger partial charge in [-0.2, -0.15) is 0 Å². The third-order valence-electron chi connectivity index (χ3n) is 6.93. The van der Waals surface area contributed by atoms with E-state index < -0.39 is 29.9 Å². The van der Waals surface area contributed by atoms with Crippen LogP contribution in [0.25, 0.3) is 0 Å². The number of aliphatic hydroxyl groups is 1. The van der Waals surface area contributed by atoms with E-state index in [1.807, 2.05) is 87.5 Å². The largest absolute Gasteiger partial charge is 0.444 e. The number of hydrogen-bond donors (Lipinski definition) is 3. The number of rotatable bonds is 12. The van der Waals surface area contributed by atoms with Gasteiger partial charge in [-0.05, 0) is 88.1 Å². The van der Waals surface area contributed by atoms with Crippen LogP contribution in [0.2, 0.25) is 0 Å². The van der Waals surface area contributed by atoms with E-state index in [4.69, 9.17) is 4.74 Å². The second-order valence-electron chi connectivity index (χ2n) is 11.6. The second-order valence-corrected chi connectivity index (χ2v) is 11.6. The number of aliphatic hydroxyl groups excluding tert-OH is 1. The topological polar surface area (TPSA) is 87.7 Å². The minimum atomic E-state index is -0.895. The minimum Gasteiger partial charge on any atom is -0.444 e. The zero-order valence-electron chi connectivity index (χ0n) is 24.4. The van der Waals surface area contributed by atoms with Gasteiger partial charge in [0.15, 0.2) is 0 Å². The van der Waals surface area contributed by atoms with Crippen LogP contribution in [-0.2, 0) is 28.8 Å². The van der Waals surface area contributed by atoms with Crippen molar-refractivity contribution in [1.29, 1.82) is 0 Å². The zero-order chi connectivity index (χ0) is 29.1. The van der Waals surface area contributed by atoms with E-state index in [2.05, 4.69) is 36.6 Å². The Kier molecular flexibility index (Phi) is 11.3. The molecule has 6 nitrogen and oxygen atoms in total. The number of ether oxygens (including phenoxy) is 1. The SMILES string of the molecule is Cc1cccc(C)c1CCC(=O)NC(Cc1ccccc1)C(O)CC(Cc1ccccc1)NC(=O)OC(C)(C)C. The molecule has 2 amide bonds. The number of nitrogens with one attached hydrogen (secondary N) is 2. The Hall–Kier alpha value is -3.64. The highest BCUT2D eigenvalue weighted by molar-refractivity contribution is 5.76. The number of carbonyl (C=O) groups is 2. The first-order chi connectivity index (χ1) is 19.0. The first-order valence-electron chi connectivity index (χ1n) is 14.1. The standard InChI is InChI=1S/C34H44N2O4/c1-24-13-12-14-25(2)29(24)19-20-32(38)36-30(22-27-17-10-7-11-18-27)31(37)23-28(21-26-15-8-6-9-16-26)35-33(39)40-34(3,4)5/h6-18,28,30-31,37H,19-23H2,1-5H3,(H,35,39)(H,36,38). The van der Waals surface area contributed by atoms with Crippen molar-refractivity contribution in [3.05, 3.63) is 107 Å². The summed E-state index contributed by atoms with van der Waals surface area (Å²) in [5.41, 5.74) is 4.94. The quantitative estimate of drug-likeness (QED) is 0.267. The second kappa shape index (κ2) is 14.7. The minimum absolute atomic E-state index is 0.109. The van der Waals surface area contributed by atoms with Gasteiger partial charge in [-0.1, -0.05) is 78.9 Å². The summed E-state index contributed by atoms with van der Waals surface area (Å²) >= 11 is 0. The van der Waals surface area contributed by atoms with E-state index in [9.17, 15) is 14.7 Å². The molecule has 214 valence electrons. The Morgan fingerprint density at radius 2 is 1.35 bits per heavy atom. The van der Waals surface area contributed by atoms with Gasteiger partial charge in [-0.25, -0.2) is 4.79 Å². The number of aryl methyl sites for hydroxylation is 2. The first-order valence-corrected chi connectivity index (χ1v) is 14.1. The smallest absolute Gasteiger partial charge is 0.407 e. The molecule has 3 N–H and O–H groups in total. The van der Waals surface area contributed by atoms with Crippen LogP contribution in [0.5, 0.6) is 0 Å². The monoisotopic (exact) mass is 544 g/mol. The molecule has 0 aliphatic carbocycles. The summed E-state index contributed by atoms with van der Waals surface area (Å²) in [7, 11) is 0. The van der Waals surface area contributed by atoms with Gasteiger partial charge in [0.25, 0.3) is 0 Å². The van der Waals surface area contributed by atoms with Crippen molar-refractivity contribution in [2.24, 2.45) is 0 Å². The number of alkyl carbamates (subject to hydrolysis) is 1. The van der Waals surface area contributed by atoms with Crippen LogP contribution in [0.3, 0.4) is 0 Å². The predicted octanol–water partition coefficient (Wildman–Crippen LogP) is 5.85. The molecule has 0 bridgehead atoms. The highest BCUT2D eigenvalue weighted by Gasteiger charge is 2.27. The normalized spacial score (nSPS) is 13.7. The molecule has 0 radical (unpaired) electrons. The molecule has 0 aliphatic heterocycles. The van der Waals surface area contributed by atoms with Crippen LogP contribution in [0.1, 0.15) is 61.4 Å². The Labute approximate surface area is 239 Å². The van der Waals surface area contributed by atoms with Crippen molar-refractivity contribution >= 4 is 12.0 Å². The summed E-state index contributed by atoms with van der Waals surface area (Å²) in [6.45, 7) is 9.58. The van der Waals surface area contributed by atoms with E-state index in [1.165, 1.54) is 16.7 Å². The van der Waals surface area contributed by atoms with Gasteiger partial charge in [-0.3, -0.25) is 4.79 Å². The molecular formula is C34H44N2O4. The molecule has 3 unspecified atom stereocenters. The molecule has 3 rings (SSSR count). The third kappa shape index (κ3) is 10.5. The molecule has 3 atom stereocenters. The lowest BCUT2D eigenvalue weighted by Gasteiger charge is -2.29. The highest BCUT2D eigenvalue weighted by atomic mass is 16.6. The first kappa shape index (κ1) is 30.9. The highest BCUT2D eigenvalue weighted by Crippen LogP contribution is 2.17. The molecule has 0 aromatic heterocycles. The van der Waals surface area contributed by atoms with Gasteiger partial charge in [0.1, 0.15) is 5.60 Å². The Balaban J connectivity index is 1.74. The van der Waals surface area contributed by atoms with Gasteiger partial charge in [0.05, 0.1) is 12.1 Å². The average molecular weight is 545 g/mol. The fourth-order valence-corrected chi connectivity index (χ4v) is 4.93. The molecule has 3 aromatic rings. The zero-order valence-corrected chi connectivity index (χ0v) is 24.4. The van der Waals surface area contributed by atoms with Crippen molar-refractivity contribution in [3.8, 4) is 0 Å². The van der Waals surface area contributed by atoms with E-state index in [0.29, 0.717) is 25.7 Å². The lowest BCUT2D eigenvalue weighted by atomic mass is 9.93.